The lowest BCUT2D eigenvalue weighted by atomic mass is 10.1. The predicted octanol–water partition coefficient (Wildman–Crippen LogP) is 5.16. The molecule has 0 aliphatic rings. The SMILES string of the molecule is CC[C@H](Oc1ccc2ccccc2c1)C(=O)Nc1ccccc1C(=O)NC(C)(C)C. The number of carbonyl (C=O) groups is 2. The molecule has 0 saturated carbocycles. The highest BCUT2D eigenvalue weighted by Crippen LogP contribution is 2.23. The van der Waals surface area contributed by atoms with Crippen LogP contribution in [-0.2, 0) is 4.79 Å². The van der Waals surface area contributed by atoms with E-state index in [2.05, 4.69) is 10.6 Å². The molecule has 3 rings (SSSR count). The Hall–Kier alpha value is -3.34. The van der Waals surface area contributed by atoms with Crippen LogP contribution in [0.25, 0.3) is 10.8 Å². The van der Waals surface area contributed by atoms with Crippen LogP contribution in [0.15, 0.2) is 66.7 Å². The van der Waals surface area contributed by atoms with Crippen molar-refractivity contribution in [1.29, 1.82) is 0 Å². The van der Waals surface area contributed by atoms with E-state index in [0.717, 1.165) is 10.8 Å². The average molecular weight is 405 g/mol. The van der Waals surface area contributed by atoms with Crippen LogP contribution in [0, 0.1) is 0 Å². The van der Waals surface area contributed by atoms with E-state index in [1.54, 1.807) is 24.3 Å². The van der Waals surface area contributed by atoms with Gasteiger partial charge in [0.25, 0.3) is 11.8 Å². The third kappa shape index (κ3) is 5.38. The summed E-state index contributed by atoms with van der Waals surface area (Å²) in [6.45, 7) is 7.63. The molecule has 2 N–H and O–H groups in total. The van der Waals surface area contributed by atoms with Gasteiger partial charge in [0.05, 0.1) is 11.3 Å². The molecule has 0 fully saturated rings. The second kappa shape index (κ2) is 8.99. The van der Waals surface area contributed by atoms with E-state index in [4.69, 9.17) is 4.74 Å². The summed E-state index contributed by atoms with van der Waals surface area (Å²) in [5.74, 6) is 0.109. The first-order valence-electron chi connectivity index (χ1n) is 10.1. The van der Waals surface area contributed by atoms with Gasteiger partial charge in [0, 0.05) is 5.54 Å². The molecule has 1 atom stereocenters. The second-order valence-corrected chi connectivity index (χ2v) is 8.26. The number of carbonyl (C=O) groups excluding carboxylic acids is 2. The number of hydrogen-bond acceptors (Lipinski definition) is 3. The van der Waals surface area contributed by atoms with Crippen molar-refractivity contribution in [3.05, 3.63) is 72.3 Å². The molecule has 0 saturated heterocycles. The quantitative estimate of drug-likeness (QED) is 0.596. The van der Waals surface area contributed by atoms with Gasteiger partial charge < -0.3 is 15.4 Å². The number of rotatable bonds is 6. The Morgan fingerprint density at radius 1 is 0.933 bits per heavy atom. The van der Waals surface area contributed by atoms with Crippen molar-refractivity contribution < 1.29 is 14.3 Å². The van der Waals surface area contributed by atoms with Crippen LogP contribution < -0.4 is 15.4 Å². The number of para-hydroxylation sites is 1. The topological polar surface area (TPSA) is 67.4 Å². The Kier molecular flexibility index (Phi) is 6.40. The van der Waals surface area contributed by atoms with E-state index < -0.39 is 6.10 Å². The lowest BCUT2D eigenvalue weighted by molar-refractivity contribution is -0.122. The molecule has 0 unspecified atom stereocenters. The molecule has 30 heavy (non-hydrogen) atoms. The molecule has 0 aliphatic carbocycles. The zero-order valence-electron chi connectivity index (χ0n) is 17.9. The van der Waals surface area contributed by atoms with Gasteiger partial charge in [0.15, 0.2) is 6.10 Å². The van der Waals surface area contributed by atoms with Crippen molar-refractivity contribution in [2.75, 3.05) is 5.32 Å². The minimum absolute atomic E-state index is 0.234. The Bertz CT molecular complexity index is 1050. The summed E-state index contributed by atoms with van der Waals surface area (Å²) in [5, 5.41) is 7.95. The van der Waals surface area contributed by atoms with E-state index in [9.17, 15) is 9.59 Å². The number of benzene rings is 3. The summed E-state index contributed by atoms with van der Waals surface area (Å²) >= 11 is 0. The van der Waals surface area contributed by atoms with Crippen LogP contribution in [-0.4, -0.2) is 23.5 Å². The Labute approximate surface area is 177 Å². The number of fused-ring (bicyclic) bond motifs is 1. The highest BCUT2D eigenvalue weighted by molar-refractivity contribution is 6.04. The average Bonchev–Trinajstić information content (AvgIpc) is 2.71. The van der Waals surface area contributed by atoms with Gasteiger partial charge in [0.1, 0.15) is 5.75 Å². The maximum Gasteiger partial charge on any atom is 0.265 e. The number of nitrogens with one attached hydrogen (secondary N) is 2. The van der Waals surface area contributed by atoms with Crippen molar-refractivity contribution in [3.63, 3.8) is 0 Å². The summed E-state index contributed by atoms with van der Waals surface area (Å²) < 4.78 is 5.97. The number of ether oxygens (including phenoxy) is 1. The van der Waals surface area contributed by atoms with Crippen molar-refractivity contribution in [3.8, 4) is 5.75 Å². The third-order valence-electron chi connectivity index (χ3n) is 4.58. The molecular formula is C25H28N2O3. The maximum absolute atomic E-state index is 12.9. The smallest absolute Gasteiger partial charge is 0.265 e. The van der Waals surface area contributed by atoms with Crippen molar-refractivity contribution in [2.45, 2.75) is 45.8 Å². The van der Waals surface area contributed by atoms with E-state index >= 15 is 0 Å². The van der Waals surface area contributed by atoms with Crippen LogP contribution in [0.5, 0.6) is 5.75 Å². The van der Waals surface area contributed by atoms with E-state index in [1.165, 1.54) is 0 Å². The van der Waals surface area contributed by atoms with E-state index in [-0.39, 0.29) is 17.4 Å². The summed E-state index contributed by atoms with van der Waals surface area (Å²) in [5.41, 5.74) is 0.505. The molecule has 0 aliphatic heterocycles. The summed E-state index contributed by atoms with van der Waals surface area (Å²) in [6, 6.07) is 20.7. The lowest BCUT2D eigenvalue weighted by Crippen LogP contribution is -2.41. The number of hydrogen-bond donors (Lipinski definition) is 2. The Morgan fingerprint density at radius 2 is 1.60 bits per heavy atom. The molecule has 0 heterocycles. The van der Waals surface area contributed by atoms with Gasteiger partial charge in [-0.25, -0.2) is 0 Å². The van der Waals surface area contributed by atoms with Crippen molar-refractivity contribution >= 4 is 28.3 Å². The largest absolute Gasteiger partial charge is 0.481 e. The van der Waals surface area contributed by atoms with Crippen LogP contribution in [0.2, 0.25) is 0 Å². The van der Waals surface area contributed by atoms with Gasteiger partial charge in [-0.05, 0) is 62.2 Å². The normalized spacial score (nSPS) is 12.3. The summed E-state index contributed by atoms with van der Waals surface area (Å²) in [7, 11) is 0. The van der Waals surface area contributed by atoms with Crippen molar-refractivity contribution in [1.82, 2.24) is 5.32 Å². The minimum atomic E-state index is -0.676. The van der Waals surface area contributed by atoms with Gasteiger partial charge in [-0.1, -0.05) is 49.4 Å². The zero-order chi connectivity index (χ0) is 21.7. The first-order chi connectivity index (χ1) is 14.3. The van der Waals surface area contributed by atoms with Crippen LogP contribution >= 0.6 is 0 Å². The molecule has 0 aromatic heterocycles. The molecular weight excluding hydrogens is 376 g/mol. The Balaban J connectivity index is 1.76. The van der Waals surface area contributed by atoms with Crippen LogP contribution in [0.1, 0.15) is 44.5 Å². The summed E-state index contributed by atoms with van der Waals surface area (Å²) in [6.07, 6.45) is -0.181. The second-order valence-electron chi connectivity index (χ2n) is 8.26. The first kappa shape index (κ1) is 21.4. The molecule has 3 aromatic rings. The first-order valence-corrected chi connectivity index (χ1v) is 10.1. The fourth-order valence-electron chi connectivity index (χ4n) is 3.14. The minimum Gasteiger partial charge on any atom is -0.481 e. The van der Waals surface area contributed by atoms with Gasteiger partial charge in [-0.15, -0.1) is 0 Å². The number of amides is 2. The number of anilines is 1. The van der Waals surface area contributed by atoms with Gasteiger partial charge in [-0.2, -0.15) is 0 Å². The zero-order valence-corrected chi connectivity index (χ0v) is 17.9. The molecule has 2 amide bonds. The molecule has 0 radical (unpaired) electrons. The van der Waals surface area contributed by atoms with E-state index in [1.807, 2.05) is 70.2 Å². The van der Waals surface area contributed by atoms with Gasteiger partial charge in [0.2, 0.25) is 0 Å². The highest BCUT2D eigenvalue weighted by atomic mass is 16.5. The lowest BCUT2D eigenvalue weighted by Gasteiger charge is -2.22. The fraction of sp³-hybridized carbons (Fsp3) is 0.280. The Morgan fingerprint density at radius 3 is 2.30 bits per heavy atom. The van der Waals surface area contributed by atoms with E-state index in [0.29, 0.717) is 23.4 Å². The molecule has 0 spiro atoms. The van der Waals surface area contributed by atoms with Crippen molar-refractivity contribution in [2.24, 2.45) is 0 Å². The van der Waals surface area contributed by atoms with Gasteiger partial charge >= 0.3 is 0 Å². The monoisotopic (exact) mass is 404 g/mol. The molecule has 156 valence electrons. The summed E-state index contributed by atoms with van der Waals surface area (Å²) in [4.78, 5) is 25.5. The molecule has 5 nitrogen and oxygen atoms in total. The van der Waals surface area contributed by atoms with Crippen LogP contribution in [0.3, 0.4) is 0 Å². The molecule has 3 aromatic carbocycles. The molecule has 5 heteroatoms. The predicted molar refractivity (Wildman–Crippen MR) is 121 cm³/mol. The van der Waals surface area contributed by atoms with Gasteiger partial charge in [-0.3, -0.25) is 9.59 Å². The fourth-order valence-corrected chi connectivity index (χ4v) is 3.14. The maximum atomic E-state index is 12.9. The molecule has 0 bridgehead atoms. The van der Waals surface area contributed by atoms with Crippen LogP contribution in [0.4, 0.5) is 5.69 Å². The third-order valence-corrected chi connectivity index (χ3v) is 4.58. The highest BCUT2D eigenvalue weighted by Gasteiger charge is 2.22. The standard InChI is InChI=1S/C25H28N2O3/c1-5-22(30-19-15-14-17-10-6-7-11-18(17)16-19)24(29)26-21-13-9-8-12-20(21)23(28)27-25(2,3)4/h6-16,22H,5H2,1-4H3,(H,26,29)(H,27,28)/t22-/m0/s1.